The Hall–Kier alpha value is -1.27. The standard InChI is InChI=1S/C14H17N3OS2/c15-13-16-17(14(20-13)7-2-1-3-8-14)9-6-11(18)12-5-4-10-19-12/h4-6,9-10H,1-3,7-8H2,(H2,15,16)/b9-6+. The van der Waals surface area contributed by atoms with E-state index in [2.05, 4.69) is 5.10 Å². The number of hydrazone groups is 1. The van der Waals surface area contributed by atoms with Gasteiger partial charge in [-0.05, 0) is 24.3 Å². The van der Waals surface area contributed by atoms with Gasteiger partial charge in [-0.25, -0.2) is 0 Å². The summed E-state index contributed by atoms with van der Waals surface area (Å²) in [6.07, 6.45) is 9.19. The molecule has 0 amide bonds. The molecular formula is C14H17N3OS2. The van der Waals surface area contributed by atoms with Gasteiger partial charge in [-0.2, -0.15) is 0 Å². The summed E-state index contributed by atoms with van der Waals surface area (Å²) >= 11 is 3.10. The molecule has 1 aromatic heterocycles. The summed E-state index contributed by atoms with van der Waals surface area (Å²) in [5.74, 6) is 0.0247. The number of carbonyl (C=O) groups is 1. The van der Waals surface area contributed by atoms with E-state index in [0.717, 1.165) is 17.7 Å². The molecule has 2 aliphatic rings. The first-order chi connectivity index (χ1) is 9.70. The monoisotopic (exact) mass is 307 g/mol. The maximum atomic E-state index is 12.0. The summed E-state index contributed by atoms with van der Waals surface area (Å²) in [5, 5.41) is 8.78. The van der Waals surface area contributed by atoms with Gasteiger partial charge in [0.2, 0.25) is 0 Å². The Labute approximate surface area is 126 Å². The first kappa shape index (κ1) is 13.7. The minimum Gasteiger partial charge on any atom is -0.377 e. The SMILES string of the molecule is NC1=NN(/C=C/C(=O)c2cccs2)C2(CCCCC2)S1. The lowest BCUT2D eigenvalue weighted by Crippen LogP contribution is -2.38. The summed E-state index contributed by atoms with van der Waals surface area (Å²) < 4.78 is 0. The number of hydrogen-bond donors (Lipinski definition) is 1. The quantitative estimate of drug-likeness (QED) is 0.687. The van der Waals surface area contributed by atoms with Crippen LogP contribution in [0.4, 0.5) is 0 Å². The maximum Gasteiger partial charge on any atom is 0.197 e. The highest BCUT2D eigenvalue weighted by Gasteiger charge is 2.42. The zero-order valence-corrected chi connectivity index (χ0v) is 12.8. The Morgan fingerprint density at radius 2 is 2.20 bits per heavy atom. The van der Waals surface area contributed by atoms with Crippen LogP contribution in [0.1, 0.15) is 41.8 Å². The van der Waals surface area contributed by atoms with Crippen LogP contribution in [0, 0.1) is 0 Å². The van der Waals surface area contributed by atoms with Crippen LogP contribution in [-0.4, -0.2) is 20.8 Å². The van der Waals surface area contributed by atoms with Crippen molar-refractivity contribution < 1.29 is 4.79 Å². The fraction of sp³-hybridized carbons (Fsp3) is 0.429. The van der Waals surface area contributed by atoms with Crippen LogP contribution in [0.15, 0.2) is 34.9 Å². The molecule has 1 aliphatic heterocycles. The average Bonchev–Trinajstić information content (AvgIpc) is 3.06. The Balaban J connectivity index is 1.76. The number of carbonyl (C=O) groups excluding carboxylic acids is 1. The fourth-order valence-electron chi connectivity index (χ4n) is 2.70. The van der Waals surface area contributed by atoms with Crippen molar-refractivity contribution in [2.75, 3.05) is 0 Å². The number of hydrogen-bond acceptors (Lipinski definition) is 6. The molecule has 1 aromatic rings. The second-order valence-corrected chi connectivity index (χ2v) is 7.38. The van der Waals surface area contributed by atoms with Crippen molar-refractivity contribution in [1.82, 2.24) is 5.01 Å². The molecule has 6 heteroatoms. The van der Waals surface area contributed by atoms with Crippen LogP contribution in [-0.2, 0) is 0 Å². The van der Waals surface area contributed by atoms with Crippen molar-refractivity contribution >= 4 is 34.0 Å². The molecular weight excluding hydrogens is 290 g/mol. The van der Waals surface area contributed by atoms with E-state index in [0.29, 0.717) is 5.17 Å². The van der Waals surface area contributed by atoms with Crippen LogP contribution in [0.25, 0.3) is 0 Å². The Morgan fingerprint density at radius 3 is 2.90 bits per heavy atom. The van der Waals surface area contributed by atoms with Crippen LogP contribution < -0.4 is 5.73 Å². The molecule has 0 bridgehead atoms. The van der Waals surface area contributed by atoms with Gasteiger partial charge < -0.3 is 5.73 Å². The molecule has 0 saturated heterocycles. The fourth-order valence-corrected chi connectivity index (χ4v) is 4.55. The van der Waals surface area contributed by atoms with Crippen molar-refractivity contribution in [3.8, 4) is 0 Å². The lowest BCUT2D eigenvalue weighted by molar-refractivity contribution is 0.104. The molecule has 1 saturated carbocycles. The summed E-state index contributed by atoms with van der Waals surface area (Å²) in [4.78, 5) is 12.7. The zero-order valence-electron chi connectivity index (χ0n) is 11.1. The number of nitrogens with two attached hydrogens (primary N) is 1. The minimum absolute atomic E-state index is 0.0247. The van der Waals surface area contributed by atoms with Crippen LogP contribution >= 0.6 is 23.1 Å². The average molecular weight is 307 g/mol. The molecule has 0 radical (unpaired) electrons. The van der Waals surface area contributed by atoms with Gasteiger partial charge in [0.25, 0.3) is 0 Å². The van der Waals surface area contributed by atoms with E-state index >= 15 is 0 Å². The molecule has 0 atom stereocenters. The molecule has 1 aliphatic carbocycles. The number of amidine groups is 1. The molecule has 3 rings (SSSR count). The largest absolute Gasteiger partial charge is 0.377 e. The summed E-state index contributed by atoms with van der Waals surface area (Å²) in [6, 6.07) is 3.72. The Morgan fingerprint density at radius 1 is 1.40 bits per heavy atom. The lowest BCUT2D eigenvalue weighted by atomic mass is 9.94. The van der Waals surface area contributed by atoms with Crippen LogP contribution in [0.5, 0.6) is 0 Å². The Kier molecular flexibility index (Phi) is 3.85. The van der Waals surface area contributed by atoms with E-state index in [1.165, 1.54) is 30.6 Å². The molecule has 0 unspecified atom stereocenters. The van der Waals surface area contributed by atoms with E-state index in [1.807, 2.05) is 22.5 Å². The normalized spacial score (nSPS) is 21.6. The number of rotatable bonds is 3. The third kappa shape index (κ3) is 2.62. The number of thioether (sulfide) groups is 1. The second kappa shape index (κ2) is 5.61. The molecule has 1 spiro atoms. The van der Waals surface area contributed by atoms with E-state index in [4.69, 9.17) is 5.73 Å². The van der Waals surface area contributed by atoms with Gasteiger partial charge in [-0.1, -0.05) is 37.1 Å². The van der Waals surface area contributed by atoms with Gasteiger partial charge in [0, 0.05) is 12.3 Å². The number of allylic oxidation sites excluding steroid dienone is 1. The number of thiophene rings is 1. The van der Waals surface area contributed by atoms with Gasteiger partial charge >= 0.3 is 0 Å². The number of ketones is 1. The number of nitrogens with zero attached hydrogens (tertiary/aromatic N) is 2. The van der Waals surface area contributed by atoms with E-state index in [-0.39, 0.29) is 10.7 Å². The van der Waals surface area contributed by atoms with Crippen LogP contribution in [0.2, 0.25) is 0 Å². The highest BCUT2D eigenvalue weighted by molar-refractivity contribution is 8.15. The first-order valence-electron chi connectivity index (χ1n) is 6.78. The molecule has 2 heterocycles. The van der Waals surface area contributed by atoms with Gasteiger partial charge in [0.15, 0.2) is 11.0 Å². The molecule has 0 aromatic carbocycles. The topological polar surface area (TPSA) is 58.7 Å². The van der Waals surface area contributed by atoms with Gasteiger partial charge in [-0.15, -0.1) is 16.4 Å². The predicted octanol–water partition coefficient (Wildman–Crippen LogP) is 3.38. The van der Waals surface area contributed by atoms with Gasteiger partial charge in [0.05, 0.1) is 4.88 Å². The van der Waals surface area contributed by atoms with Crippen molar-refractivity contribution in [3.63, 3.8) is 0 Å². The zero-order chi connectivity index (χ0) is 14.0. The molecule has 2 N–H and O–H groups in total. The van der Waals surface area contributed by atoms with Crippen molar-refractivity contribution in [1.29, 1.82) is 0 Å². The molecule has 1 fully saturated rings. The smallest absolute Gasteiger partial charge is 0.197 e. The van der Waals surface area contributed by atoms with E-state index in [9.17, 15) is 4.79 Å². The third-order valence-corrected chi connectivity index (χ3v) is 5.83. The second-order valence-electron chi connectivity index (χ2n) is 5.05. The van der Waals surface area contributed by atoms with Crippen molar-refractivity contribution in [2.45, 2.75) is 37.0 Å². The summed E-state index contributed by atoms with van der Waals surface area (Å²) in [7, 11) is 0. The third-order valence-electron chi connectivity index (χ3n) is 3.68. The summed E-state index contributed by atoms with van der Waals surface area (Å²) in [6.45, 7) is 0. The molecule has 20 heavy (non-hydrogen) atoms. The van der Waals surface area contributed by atoms with Gasteiger partial charge in [-0.3, -0.25) is 9.80 Å². The van der Waals surface area contributed by atoms with E-state index < -0.39 is 0 Å². The summed E-state index contributed by atoms with van der Waals surface area (Å²) in [5.41, 5.74) is 5.89. The van der Waals surface area contributed by atoms with Gasteiger partial charge in [0.1, 0.15) is 4.87 Å². The first-order valence-corrected chi connectivity index (χ1v) is 8.48. The highest BCUT2D eigenvalue weighted by atomic mass is 32.2. The maximum absolute atomic E-state index is 12.0. The van der Waals surface area contributed by atoms with Crippen molar-refractivity contribution in [2.24, 2.45) is 10.8 Å². The van der Waals surface area contributed by atoms with E-state index in [1.54, 1.807) is 24.0 Å². The predicted molar refractivity (Wildman–Crippen MR) is 84.7 cm³/mol. The van der Waals surface area contributed by atoms with Crippen LogP contribution in [0.3, 0.4) is 0 Å². The molecule has 106 valence electrons. The minimum atomic E-state index is -0.0609. The lowest BCUT2D eigenvalue weighted by Gasteiger charge is -2.37. The highest BCUT2D eigenvalue weighted by Crippen LogP contribution is 2.46. The molecule has 4 nitrogen and oxygen atoms in total. The van der Waals surface area contributed by atoms with Crippen molar-refractivity contribution in [3.05, 3.63) is 34.7 Å². The Bertz CT molecular complexity index is 545.